The molecule has 0 saturated carbocycles. The molecule has 3 aromatic rings. The number of aromatic nitrogens is 1. The van der Waals surface area contributed by atoms with Crippen LogP contribution >= 0.6 is 11.6 Å². The Morgan fingerprint density at radius 3 is 2.44 bits per heavy atom. The molecule has 0 unspecified atom stereocenters. The fourth-order valence-corrected chi connectivity index (χ4v) is 2.97. The maximum atomic E-state index is 12.9. The summed E-state index contributed by atoms with van der Waals surface area (Å²) in [6.07, 6.45) is 4.87. The number of halogens is 1. The Morgan fingerprint density at radius 2 is 1.78 bits per heavy atom. The van der Waals surface area contributed by atoms with Crippen molar-refractivity contribution in [3.05, 3.63) is 94.4 Å². The molecule has 2 amide bonds. The third-order valence-corrected chi connectivity index (χ3v) is 4.75. The number of hydrogen-bond donors (Lipinski definition) is 2. The second-order valence-corrected chi connectivity index (χ2v) is 7.11. The van der Waals surface area contributed by atoms with Crippen LogP contribution in [0.4, 0.5) is 0 Å². The van der Waals surface area contributed by atoms with E-state index in [4.69, 9.17) is 21.1 Å². The molecule has 1 heterocycles. The van der Waals surface area contributed by atoms with E-state index in [1.807, 2.05) is 6.07 Å². The van der Waals surface area contributed by atoms with Gasteiger partial charge in [0.1, 0.15) is 5.70 Å². The summed E-state index contributed by atoms with van der Waals surface area (Å²) in [7, 11) is 3.06. The molecule has 0 aliphatic carbocycles. The first-order valence-electron chi connectivity index (χ1n) is 9.68. The molecule has 0 aliphatic rings. The van der Waals surface area contributed by atoms with Gasteiger partial charge in [0.05, 0.1) is 14.2 Å². The van der Waals surface area contributed by atoms with Gasteiger partial charge in [-0.15, -0.1) is 0 Å². The summed E-state index contributed by atoms with van der Waals surface area (Å²) in [5, 5.41) is 5.99. The minimum Gasteiger partial charge on any atom is -0.493 e. The first kappa shape index (κ1) is 22.8. The van der Waals surface area contributed by atoms with E-state index in [9.17, 15) is 9.59 Å². The van der Waals surface area contributed by atoms with E-state index in [0.29, 0.717) is 27.6 Å². The van der Waals surface area contributed by atoms with Gasteiger partial charge in [0.25, 0.3) is 11.8 Å². The summed E-state index contributed by atoms with van der Waals surface area (Å²) < 4.78 is 10.6. The largest absolute Gasteiger partial charge is 0.493 e. The molecule has 3 rings (SSSR count). The number of benzene rings is 2. The highest BCUT2D eigenvalue weighted by atomic mass is 35.5. The molecule has 1 aromatic heterocycles. The van der Waals surface area contributed by atoms with Crippen LogP contribution in [0.15, 0.2) is 72.7 Å². The van der Waals surface area contributed by atoms with Crippen molar-refractivity contribution in [3.63, 3.8) is 0 Å². The van der Waals surface area contributed by atoms with Crippen molar-refractivity contribution >= 4 is 29.5 Å². The molecule has 32 heavy (non-hydrogen) atoms. The molecule has 0 fully saturated rings. The average molecular weight is 452 g/mol. The van der Waals surface area contributed by atoms with Crippen molar-refractivity contribution in [1.82, 2.24) is 15.6 Å². The maximum Gasteiger partial charge on any atom is 0.268 e. The van der Waals surface area contributed by atoms with Gasteiger partial charge in [0, 0.05) is 29.5 Å². The highest BCUT2D eigenvalue weighted by Gasteiger charge is 2.15. The number of pyridine rings is 1. The lowest BCUT2D eigenvalue weighted by Crippen LogP contribution is -2.34. The Kier molecular flexibility index (Phi) is 7.83. The zero-order valence-corrected chi connectivity index (χ0v) is 18.3. The zero-order chi connectivity index (χ0) is 22.9. The lowest BCUT2D eigenvalue weighted by Gasteiger charge is -2.12. The van der Waals surface area contributed by atoms with Crippen LogP contribution in [0.2, 0.25) is 5.02 Å². The van der Waals surface area contributed by atoms with E-state index < -0.39 is 11.8 Å². The molecular weight excluding hydrogens is 430 g/mol. The Labute approximate surface area is 191 Å². The number of hydrogen-bond acceptors (Lipinski definition) is 5. The van der Waals surface area contributed by atoms with Gasteiger partial charge in [-0.05, 0) is 59.7 Å². The van der Waals surface area contributed by atoms with Crippen molar-refractivity contribution in [2.24, 2.45) is 0 Å². The third-order valence-electron chi connectivity index (χ3n) is 4.49. The van der Waals surface area contributed by atoms with E-state index in [0.717, 1.165) is 5.56 Å². The summed E-state index contributed by atoms with van der Waals surface area (Å²) in [5.41, 5.74) is 1.91. The first-order valence-corrected chi connectivity index (χ1v) is 10.1. The number of nitrogens with one attached hydrogen (secondary N) is 2. The molecule has 0 aliphatic heterocycles. The van der Waals surface area contributed by atoms with Crippen molar-refractivity contribution in [2.45, 2.75) is 6.54 Å². The Balaban J connectivity index is 1.87. The minimum absolute atomic E-state index is 0.0704. The van der Waals surface area contributed by atoms with Crippen molar-refractivity contribution in [2.75, 3.05) is 14.2 Å². The second kappa shape index (κ2) is 11.0. The van der Waals surface area contributed by atoms with E-state index in [2.05, 4.69) is 15.6 Å². The van der Waals surface area contributed by atoms with Gasteiger partial charge in [-0.3, -0.25) is 14.6 Å². The average Bonchev–Trinajstić information content (AvgIpc) is 2.83. The van der Waals surface area contributed by atoms with E-state index in [1.165, 1.54) is 14.2 Å². The van der Waals surface area contributed by atoms with Crippen LogP contribution in [0.1, 0.15) is 21.5 Å². The molecule has 2 aromatic carbocycles. The molecular formula is C24H22ClN3O4. The van der Waals surface area contributed by atoms with Crippen molar-refractivity contribution in [3.8, 4) is 11.5 Å². The number of ether oxygens (including phenoxy) is 2. The standard InChI is InChI=1S/C24H22ClN3O4/c1-31-21-10-5-16(13-22(21)32-2)12-20(24(30)27-15-17-4-3-11-26-14-17)28-23(29)18-6-8-19(25)9-7-18/h3-14H,15H2,1-2H3,(H,27,30)(H,28,29)/b20-12-. The fraction of sp³-hybridized carbons (Fsp3) is 0.125. The number of carbonyl (C=O) groups is 2. The summed E-state index contributed by atoms with van der Waals surface area (Å²) in [5.74, 6) is 0.161. The predicted octanol–water partition coefficient (Wildman–Crippen LogP) is 3.84. The number of nitrogens with zero attached hydrogens (tertiary/aromatic N) is 1. The summed E-state index contributed by atoms with van der Waals surface area (Å²) in [6.45, 7) is 0.257. The minimum atomic E-state index is -0.453. The van der Waals surface area contributed by atoms with Gasteiger partial charge in [0.2, 0.25) is 0 Å². The highest BCUT2D eigenvalue weighted by Crippen LogP contribution is 2.28. The molecule has 8 heteroatoms. The zero-order valence-electron chi connectivity index (χ0n) is 17.6. The van der Waals surface area contributed by atoms with Crippen LogP contribution in [-0.2, 0) is 11.3 Å². The third kappa shape index (κ3) is 6.09. The molecule has 7 nitrogen and oxygen atoms in total. The number of methoxy groups -OCH3 is 2. The topological polar surface area (TPSA) is 89.5 Å². The second-order valence-electron chi connectivity index (χ2n) is 6.68. The van der Waals surface area contributed by atoms with Crippen LogP contribution in [-0.4, -0.2) is 31.0 Å². The van der Waals surface area contributed by atoms with Crippen LogP contribution < -0.4 is 20.1 Å². The van der Waals surface area contributed by atoms with Crippen molar-refractivity contribution < 1.29 is 19.1 Å². The first-order chi connectivity index (χ1) is 15.5. The van der Waals surface area contributed by atoms with Crippen LogP contribution in [0.25, 0.3) is 6.08 Å². The van der Waals surface area contributed by atoms with Crippen LogP contribution in [0.3, 0.4) is 0 Å². The van der Waals surface area contributed by atoms with Crippen molar-refractivity contribution in [1.29, 1.82) is 0 Å². The monoisotopic (exact) mass is 451 g/mol. The van der Waals surface area contributed by atoms with Gasteiger partial charge in [-0.2, -0.15) is 0 Å². The summed E-state index contributed by atoms with van der Waals surface area (Å²) >= 11 is 5.90. The molecule has 2 N–H and O–H groups in total. The van der Waals surface area contributed by atoms with Gasteiger partial charge in [-0.25, -0.2) is 0 Å². The SMILES string of the molecule is COc1ccc(/C=C(\NC(=O)c2ccc(Cl)cc2)C(=O)NCc2cccnc2)cc1OC. The maximum absolute atomic E-state index is 12.9. The van der Waals surface area contributed by atoms with Crippen LogP contribution in [0.5, 0.6) is 11.5 Å². The molecule has 0 radical (unpaired) electrons. The van der Waals surface area contributed by atoms with Crippen LogP contribution in [0, 0.1) is 0 Å². The van der Waals surface area contributed by atoms with E-state index in [-0.39, 0.29) is 12.2 Å². The lowest BCUT2D eigenvalue weighted by molar-refractivity contribution is -0.117. The lowest BCUT2D eigenvalue weighted by atomic mass is 10.1. The Morgan fingerprint density at radius 1 is 1.03 bits per heavy atom. The number of rotatable bonds is 8. The summed E-state index contributed by atoms with van der Waals surface area (Å²) in [4.78, 5) is 29.7. The van der Waals surface area contributed by atoms with E-state index in [1.54, 1.807) is 67.0 Å². The van der Waals surface area contributed by atoms with Gasteiger partial charge in [-0.1, -0.05) is 23.7 Å². The molecule has 0 saturated heterocycles. The van der Waals surface area contributed by atoms with Gasteiger partial charge < -0.3 is 20.1 Å². The Hall–Kier alpha value is -3.84. The number of carbonyl (C=O) groups excluding carboxylic acids is 2. The Bertz CT molecular complexity index is 1120. The highest BCUT2D eigenvalue weighted by molar-refractivity contribution is 6.30. The molecule has 0 atom stereocenters. The smallest absolute Gasteiger partial charge is 0.268 e. The predicted molar refractivity (Wildman–Crippen MR) is 123 cm³/mol. The number of amides is 2. The fourth-order valence-electron chi connectivity index (χ4n) is 2.84. The molecule has 0 spiro atoms. The molecule has 164 valence electrons. The molecule has 0 bridgehead atoms. The normalized spacial score (nSPS) is 10.9. The quantitative estimate of drug-likeness (QED) is 0.508. The van der Waals surface area contributed by atoms with E-state index >= 15 is 0 Å². The van der Waals surface area contributed by atoms with Gasteiger partial charge >= 0.3 is 0 Å². The summed E-state index contributed by atoms with van der Waals surface area (Å²) in [6, 6.07) is 15.2. The van der Waals surface area contributed by atoms with Gasteiger partial charge in [0.15, 0.2) is 11.5 Å².